The lowest BCUT2D eigenvalue weighted by molar-refractivity contribution is 0.0224. The maximum absolute atomic E-state index is 6.06. The van der Waals surface area contributed by atoms with Crippen molar-refractivity contribution in [1.29, 1.82) is 0 Å². The number of hydrogen-bond donors (Lipinski definition) is 1. The highest BCUT2D eigenvalue weighted by Gasteiger charge is 2.18. The van der Waals surface area contributed by atoms with Gasteiger partial charge >= 0.3 is 0 Å². The molecule has 0 aromatic carbocycles. The maximum Gasteiger partial charge on any atom is 0.0969 e. The molecule has 3 heteroatoms. The first-order valence-electron chi connectivity index (χ1n) is 6.77. The largest absolute Gasteiger partial charge is 0.387 e. The molecular weight excluding hydrogens is 200 g/mol. The molecule has 1 unspecified atom stereocenters. The van der Waals surface area contributed by atoms with Crippen molar-refractivity contribution in [3.8, 4) is 0 Å². The first-order chi connectivity index (χ1) is 7.86. The molecule has 16 heavy (non-hydrogen) atoms. The number of hydrogen-bond acceptors (Lipinski definition) is 2. The van der Waals surface area contributed by atoms with Gasteiger partial charge in [0.1, 0.15) is 0 Å². The van der Waals surface area contributed by atoms with E-state index in [9.17, 15) is 0 Å². The van der Waals surface area contributed by atoms with Crippen molar-refractivity contribution in [3.05, 3.63) is 0 Å². The second kappa shape index (κ2) is 6.24. The Morgan fingerprint density at radius 1 is 1.06 bits per heavy atom. The normalized spacial score (nSPS) is 29.2. The van der Waals surface area contributed by atoms with E-state index < -0.39 is 0 Å². The fourth-order valence-corrected chi connectivity index (χ4v) is 2.69. The predicted octanol–water partition coefficient (Wildman–Crippen LogP) is 2.49. The monoisotopic (exact) mass is 224 g/mol. The molecule has 1 atom stereocenters. The molecule has 0 spiro atoms. The highest BCUT2D eigenvalue weighted by Crippen LogP contribution is 2.23. The third-order valence-electron chi connectivity index (χ3n) is 3.77. The topological polar surface area (TPSA) is 47.6 Å². The second-order valence-electron chi connectivity index (χ2n) is 5.09. The smallest absolute Gasteiger partial charge is 0.0969 e. The lowest BCUT2D eigenvalue weighted by Crippen LogP contribution is -2.29. The van der Waals surface area contributed by atoms with Gasteiger partial charge in [-0.15, -0.1) is 0 Å². The molecule has 1 saturated heterocycles. The Bertz CT molecular complexity index is 228. The van der Waals surface area contributed by atoms with Crippen LogP contribution in [0.3, 0.4) is 0 Å². The van der Waals surface area contributed by atoms with Crippen molar-refractivity contribution in [2.24, 2.45) is 16.6 Å². The lowest BCUT2D eigenvalue weighted by atomic mass is 9.88. The Balaban J connectivity index is 1.76. The standard InChI is InChI=1S/C13H24N2O/c14-13(11-6-2-1-3-7-11)15-10-12-8-4-5-9-16-12/h11-12H,1-10H2,(H2,14,15). The molecule has 3 nitrogen and oxygen atoms in total. The van der Waals surface area contributed by atoms with Crippen LogP contribution in [0, 0.1) is 5.92 Å². The summed E-state index contributed by atoms with van der Waals surface area (Å²) in [4.78, 5) is 4.54. The summed E-state index contributed by atoms with van der Waals surface area (Å²) in [6, 6.07) is 0. The molecule has 0 aromatic rings. The molecule has 1 heterocycles. The Labute approximate surface area is 98.5 Å². The number of amidine groups is 1. The fraction of sp³-hybridized carbons (Fsp3) is 0.923. The van der Waals surface area contributed by atoms with Gasteiger partial charge in [0.15, 0.2) is 0 Å². The zero-order valence-corrected chi connectivity index (χ0v) is 10.2. The van der Waals surface area contributed by atoms with Gasteiger partial charge in [-0.25, -0.2) is 0 Å². The number of ether oxygens (including phenoxy) is 1. The van der Waals surface area contributed by atoms with E-state index in [1.165, 1.54) is 44.9 Å². The van der Waals surface area contributed by atoms with E-state index in [0.29, 0.717) is 12.0 Å². The molecule has 1 aliphatic carbocycles. The van der Waals surface area contributed by atoms with Crippen molar-refractivity contribution in [1.82, 2.24) is 0 Å². The average molecular weight is 224 g/mol. The predicted molar refractivity (Wildman–Crippen MR) is 66.7 cm³/mol. The highest BCUT2D eigenvalue weighted by molar-refractivity contribution is 5.82. The first kappa shape index (κ1) is 11.9. The summed E-state index contributed by atoms with van der Waals surface area (Å²) in [6.45, 7) is 1.69. The molecule has 92 valence electrons. The van der Waals surface area contributed by atoms with Gasteiger partial charge in [-0.05, 0) is 32.1 Å². The zero-order chi connectivity index (χ0) is 11.2. The van der Waals surface area contributed by atoms with Crippen LogP contribution in [0.25, 0.3) is 0 Å². The van der Waals surface area contributed by atoms with Crippen LogP contribution >= 0.6 is 0 Å². The first-order valence-corrected chi connectivity index (χ1v) is 6.77. The quantitative estimate of drug-likeness (QED) is 0.591. The third kappa shape index (κ3) is 3.48. The summed E-state index contributed by atoms with van der Waals surface area (Å²) in [5.74, 6) is 1.44. The fourth-order valence-electron chi connectivity index (χ4n) is 2.69. The number of rotatable bonds is 3. The molecule has 0 amide bonds. The summed E-state index contributed by atoms with van der Waals surface area (Å²) in [6.07, 6.45) is 10.5. The van der Waals surface area contributed by atoms with E-state index in [0.717, 1.165) is 25.4 Å². The van der Waals surface area contributed by atoms with Crippen LogP contribution in [0.1, 0.15) is 51.4 Å². The van der Waals surface area contributed by atoms with E-state index in [4.69, 9.17) is 10.5 Å². The zero-order valence-electron chi connectivity index (χ0n) is 10.2. The summed E-state index contributed by atoms with van der Waals surface area (Å²) in [7, 11) is 0. The molecule has 0 bridgehead atoms. The summed E-state index contributed by atoms with van der Waals surface area (Å²) >= 11 is 0. The Hall–Kier alpha value is -0.570. The molecule has 1 aliphatic heterocycles. The van der Waals surface area contributed by atoms with E-state index in [2.05, 4.69) is 4.99 Å². The molecule has 2 rings (SSSR count). The molecular formula is C13H24N2O. The summed E-state index contributed by atoms with van der Waals surface area (Å²) in [5, 5.41) is 0. The second-order valence-corrected chi connectivity index (χ2v) is 5.09. The van der Waals surface area contributed by atoms with Crippen LogP contribution in [0.2, 0.25) is 0 Å². The van der Waals surface area contributed by atoms with E-state index in [1.807, 2.05) is 0 Å². The Morgan fingerprint density at radius 3 is 2.50 bits per heavy atom. The van der Waals surface area contributed by atoms with Gasteiger partial charge in [0.2, 0.25) is 0 Å². The molecule has 0 radical (unpaired) electrons. The number of nitrogens with zero attached hydrogens (tertiary/aromatic N) is 1. The summed E-state index contributed by atoms with van der Waals surface area (Å²) in [5.41, 5.74) is 6.06. The van der Waals surface area contributed by atoms with Gasteiger partial charge < -0.3 is 10.5 Å². The van der Waals surface area contributed by atoms with E-state index >= 15 is 0 Å². The van der Waals surface area contributed by atoms with Crippen molar-refractivity contribution < 1.29 is 4.74 Å². The van der Waals surface area contributed by atoms with Crippen LogP contribution in [0.5, 0.6) is 0 Å². The highest BCUT2D eigenvalue weighted by atomic mass is 16.5. The minimum atomic E-state index is 0.330. The SMILES string of the molecule is NC(=NCC1CCCCO1)C1CCCCC1. The van der Waals surface area contributed by atoms with Gasteiger partial charge in [-0.2, -0.15) is 0 Å². The molecule has 2 N–H and O–H groups in total. The van der Waals surface area contributed by atoms with Crippen molar-refractivity contribution in [3.63, 3.8) is 0 Å². The van der Waals surface area contributed by atoms with Crippen LogP contribution < -0.4 is 5.73 Å². The number of nitrogens with two attached hydrogens (primary N) is 1. The van der Waals surface area contributed by atoms with Crippen LogP contribution in [-0.4, -0.2) is 25.1 Å². The minimum Gasteiger partial charge on any atom is -0.387 e. The van der Waals surface area contributed by atoms with Crippen LogP contribution in [0.15, 0.2) is 4.99 Å². The maximum atomic E-state index is 6.06. The van der Waals surface area contributed by atoms with Crippen LogP contribution in [0.4, 0.5) is 0 Å². The molecule has 0 aromatic heterocycles. The Morgan fingerprint density at radius 2 is 1.81 bits per heavy atom. The van der Waals surface area contributed by atoms with Gasteiger partial charge in [0.25, 0.3) is 0 Å². The van der Waals surface area contributed by atoms with Crippen molar-refractivity contribution in [2.45, 2.75) is 57.5 Å². The molecule has 2 fully saturated rings. The minimum absolute atomic E-state index is 0.330. The van der Waals surface area contributed by atoms with E-state index in [1.54, 1.807) is 0 Å². The average Bonchev–Trinajstić information content (AvgIpc) is 2.38. The van der Waals surface area contributed by atoms with Gasteiger partial charge in [0.05, 0.1) is 18.5 Å². The van der Waals surface area contributed by atoms with Crippen molar-refractivity contribution in [2.75, 3.05) is 13.2 Å². The number of aliphatic imine (C=N–C) groups is 1. The van der Waals surface area contributed by atoms with Gasteiger partial charge in [-0.1, -0.05) is 19.3 Å². The summed E-state index contributed by atoms with van der Waals surface area (Å²) < 4.78 is 5.65. The lowest BCUT2D eigenvalue weighted by Gasteiger charge is -2.23. The molecule has 1 saturated carbocycles. The third-order valence-corrected chi connectivity index (χ3v) is 3.77. The molecule has 2 aliphatic rings. The van der Waals surface area contributed by atoms with Gasteiger partial charge in [-0.3, -0.25) is 4.99 Å². The van der Waals surface area contributed by atoms with Crippen LogP contribution in [-0.2, 0) is 4.74 Å². The Kier molecular flexibility index (Phi) is 4.64. The van der Waals surface area contributed by atoms with Crippen molar-refractivity contribution >= 4 is 5.84 Å². The van der Waals surface area contributed by atoms with Gasteiger partial charge in [0, 0.05) is 12.5 Å². The van der Waals surface area contributed by atoms with E-state index in [-0.39, 0.29) is 0 Å².